The van der Waals surface area contributed by atoms with Crippen molar-refractivity contribution in [2.24, 2.45) is 0 Å². The quantitative estimate of drug-likeness (QED) is 0.521. The van der Waals surface area contributed by atoms with Crippen LogP contribution in [0, 0.1) is 5.82 Å². The monoisotopic (exact) mass is 553 g/mol. The molecule has 1 unspecified atom stereocenters. The lowest BCUT2D eigenvalue weighted by Crippen LogP contribution is -2.52. The van der Waals surface area contributed by atoms with Crippen molar-refractivity contribution >= 4 is 45.9 Å². The highest BCUT2D eigenvalue weighted by Crippen LogP contribution is 2.51. The van der Waals surface area contributed by atoms with Gasteiger partial charge >= 0.3 is 0 Å². The number of fused-ring (bicyclic) bond motifs is 3. The molecule has 3 aliphatic heterocycles. The number of amides is 3. The number of aromatic amines is 1. The molecule has 3 amide bonds. The molecular formula is C28H29ClFN5O4. The normalized spacial score (nSPS) is 20.3. The van der Waals surface area contributed by atoms with Crippen LogP contribution >= 0.6 is 11.6 Å². The lowest BCUT2D eigenvalue weighted by Gasteiger charge is -2.39. The Morgan fingerprint density at radius 1 is 1.21 bits per heavy atom. The molecule has 0 aliphatic carbocycles. The lowest BCUT2D eigenvalue weighted by molar-refractivity contribution is -0.133. The van der Waals surface area contributed by atoms with Crippen molar-refractivity contribution in [1.29, 1.82) is 0 Å². The third-order valence-corrected chi connectivity index (χ3v) is 8.81. The summed E-state index contributed by atoms with van der Waals surface area (Å²) in [6.07, 6.45) is 3.95. The fourth-order valence-corrected chi connectivity index (χ4v) is 6.76. The maximum absolute atomic E-state index is 14.7. The third-order valence-electron chi connectivity index (χ3n) is 8.44. The van der Waals surface area contributed by atoms with Crippen LogP contribution in [0.1, 0.15) is 41.6 Å². The van der Waals surface area contributed by atoms with E-state index in [1.807, 2.05) is 6.07 Å². The van der Waals surface area contributed by atoms with Gasteiger partial charge < -0.3 is 19.4 Å². The van der Waals surface area contributed by atoms with Gasteiger partial charge in [-0.25, -0.2) is 4.39 Å². The van der Waals surface area contributed by atoms with Crippen molar-refractivity contribution in [1.82, 2.24) is 20.0 Å². The Bertz CT molecular complexity index is 1470. The number of carbonyl (C=O) groups excluding carboxylic acids is 3. The summed E-state index contributed by atoms with van der Waals surface area (Å²) in [7, 11) is 1.61. The first-order valence-electron chi connectivity index (χ1n) is 13.2. The van der Waals surface area contributed by atoms with Gasteiger partial charge in [-0.05, 0) is 56.0 Å². The van der Waals surface area contributed by atoms with E-state index in [0.717, 1.165) is 23.7 Å². The Hall–Kier alpha value is -3.50. The van der Waals surface area contributed by atoms with Crippen LogP contribution in [0.2, 0.25) is 5.02 Å². The maximum Gasteiger partial charge on any atom is 0.253 e. The van der Waals surface area contributed by atoms with Gasteiger partial charge in [-0.15, -0.1) is 0 Å². The maximum atomic E-state index is 14.7. The average molecular weight is 554 g/mol. The van der Waals surface area contributed by atoms with Gasteiger partial charge in [0.15, 0.2) is 0 Å². The number of likely N-dealkylation sites (tertiary alicyclic amines) is 2. The van der Waals surface area contributed by atoms with E-state index in [9.17, 15) is 18.8 Å². The van der Waals surface area contributed by atoms with E-state index >= 15 is 0 Å². The molecule has 1 spiro atoms. The molecule has 4 heterocycles. The van der Waals surface area contributed by atoms with Gasteiger partial charge in [0.1, 0.15) is 12.4 Å². The molecule has 1 aromatic heterocycles. The van der Waals surface area contributed by atoms with E-state index in [1.54, 1.807) is 35.2 Å². The van der Waals surface area contributed by atoms with Gasteiger partial charge in [0.25, 0.3) is 5.91 Å². The van der Waals surface area contributed by atoms with E-state index < -0.39 is 11.2 Å². The number of rotatable bonds is 5. The number of hydrogen-bond acceptors (Lipinski definition) is 5. The minimum Gasteiger partial charge on any atom is -0.383 e. The number of H-pyrrole nitrogens is 1. The first kappa shape index (κ1) is 25.8. The summed E-state index contributed by atoms with van der Waals surface area (Å²) in [4.78, 5) is 45.6. The Balaban J connectivity index is 1.25. The largest absolute Gasteiger partial charge is 0.383 e. The van der Waals surface area contributed by atoms with E-state index in [4.69, 9.17) is 16.3 Å². The Labute approximate surface area is 229 Å². The van der Waals surface area contributed by atoms with Gasteiger partial charge in [-0.3, -0.25) is 19.5 Å². The van der Waals surface area contributed by atoms with E-state index in [-0.39, 0.29) is 48.2 Å². The molecule has 204 valence electrons. The summed E-state index contributed by atoms with van der Waals surface area (Å²) in [5.41, 5.74) is 1.16. The van der Waals surface area contributed by atoms with Crippen molar-refractivity contribution in [2.45, 2.75) is 37.1 Å². The number of halogens is 2. The molecule has 0 radical (unpaired) electrons. The summed E-state index contributed by atoms with van der Waals surface area (Å²) in [5, 5.41) is 7.62. The number of piperidine rings is 1. The summed E-state index contributed by atoms with van der Waals surface area (Å²) in [5.74, 6) is -1.20. The van der Waals surface area contributed by atoms with Crippen molar-refractivity contribution in [3.8, 4) is 0 Å². The first-order valence-corrected chi connectivity index (χ1v) is 13.5. The van der Waals surface area contributed by atoms with E-state index in [2.05, 4.69) is 10.2 Å². The van der Waals surface area contributed by atoms with E-state index in [0.29, 0.717) is 43.1 Å². The number of ether oxygens (including phenoxy) is 1. The second-order valence-electron chi connectivity index (χ2n) is 10.5. The smallest absolute Gasteiger partial charge is 0.253 e. The van der Waals surface area contributed by atoms with Crippen LogP contribution in [0.15, 0.2) is 36.5 Å². The second kappa shape index (κ2) is 9.91. The number of benzene rings is 2. The second-order valence-corrected chi connectivity index (χ2v) is 10.9. The number of methoxy groups -OCH3 is 1. The molecular weight excluding hydrogens is 525 g/mol. The zero-order chi connectivity index (χ0) is 27.3. The number of hydrogen-bond donors (Lipinski definition) is 1. The van der Waals surface area contributed by atoms with Gasteiger partial charge in [-0.2, -0.15) is 5.10 Å². The predicted molar refractivity (Wildman–Crippen MR) is 143 cm³/mol. The van der Waals surface area contributed by atoms with Crippen LogP contribution in [0.25, 0.3) is 10.9 Å². The summed E-state index contributed by atoms with van der Waals surface area (Å²) < 4.78 is 20.0. The number of carbonyl (C=O) groups is 3. The number of anilines is 1. The minimum atomic E-state index is -1.10. The molecule has 1 N–H and O–H groups in total. The standard InChI is InChI=1S/C28H29ClFN5O4/c1-39-16-19-3-2-10-34(19)23(36)15-35-22-7-5-20(30)25(29)24(22)28(27(35)38)8-11-33(12-9-28)26(37)17-4-6-21-18(13-17)14-31-32-21/h4-7,13-14,19H,2-3,8-12,15-16H2,1H3,(H,31,32). The molecule has 0 saturated carbocycles. The fourth-order valence-electron chi connectivity index (χ4n) is 6.42. The minimum absolute atomic E-state index is 0.0269. The first-order chi connectivity index (χ1) is 18.8. The highest BCUT2D eigenvalue weighted by atomic mass is 35.5. The van der Waals surface area contributed by atoms with Gasteiger partial charge in [0.05, 0.1) is 40.5 Å². The zero-order valence-electron chi connectivity index (χ0n) is 21.6. The SMILES string of the molecule is COCC1CCCN1C(=O)CN1C(=O)C2(CCN(C(=O)c3ccc4[nH]ncc4c3)CC2)c2c1ccc(F)c2Cl. The van der Waals surface area contributed by atoms with Gasteiger partial charge in [0, 0.05) is 43.3 Å². The van der Waals surface area contributed by atoms with Crippen molar-refractivity contribution in [3.05, 3.63) is 58.5 Å². The molecule has 2 fully saturated rings. The Morgan fingerprint density at radius 3 is 2.77 bits per heavy atom. The summed E-state index contributed by atoms with van der Waals surface area (Å²) in [6, 6.07) is 8.09. The Kier molecular flexibility index (Phi) is 6.55. The zero-order valence-corrected chi connectivity index (χ0v) is 22.3. The molecule has 3 aliphatic rings. The number of nitrogens with zero attached hydrogens (tertiary/aromatic N) is 4. The van der Waals surface area contributed by atoms with Gasteiger partial charge in [-0.1, -0.05) is 11.6 Å². The Morgan fingerprint density at radius 2 is 2.00 bits per heavy atom. The summed E-state index contributed by atoms with van der Waals surface area (Å²) in [6.45, 7) is 1.49. The van der Waals surface area contributed by atoms with E-state index in [1.165, 1.54) is 17.0 Å². The lowest BCUT2D eigenvalue weighted by atomic mass is 9.73. The molecule has 3 aromatic rings. The summed E-state index contributed by atoms with van der Waals surface area (Å²) >= 11 is 6.50. The highest BCUT2D eigenvalue weighted by Gasteiger charge is 2.54. The topological polar surface area (TPSA) is 98.8 Å². The van der Waals surface area contributed by atoms with Crippen LogP contribution in [0.5, 0.6) is 0 Å². The van der Waals surface area contributed by atoms with Crippen molar-refractivity contribution in [2.75, 3.05) is 44.8 Å². The van der Waals surface area contributed by atoms with Crippen LogP contribution in [0.3, 0.4) is 0 Å². The van der Waals surface area contributed by atoms with Crippen LogP contribution < -0.4 is 4.90 Å². The molecule has 0 bridgehead atoms. The molecule has 11 heteroatoms. The van der Waals surface area contributed by atoms with Crippen molar-refractivity contribution in [3.63, 3.8) is 0 Å². The molecule has 39 heavy (non-hydrogen) atoms. The number of nitrogens with one attached hydrogen (secondary N) is 1. The average Bonchev–Trinajstić information content (AvgIpc) is 3.66. The molecule has 6 rings (SSSR count). The molecule has 1 atom stereocenters. The van der Waals surface area contributed by atoms with Crippen molar-refractivity contribution < 1.29 is 23.5 Å². The fraction of sp³-hybridized carbons (Fsp3) is 0.429. The number of aromatic nitrogens is 2. The third kappa shape index (κ3) is 4.17. The predicted octanol–water partition coefficient (Wildman–Crippen LogP) is 3.51. The van der Waals surface area contributed by atoms with Gasteiger partial charge in [0.2, 0.25) is 11.8 Å². The highest BCUT2D eigenvalue weighted by molar-refractivity contribution is 6.33. The van der Waals surface area contributed by atoms with Crippen LogP contribution in [-0.4, -0.2) is 83.7 Å². The van der Waals surface area contributed by atoms with Crippen LogP contribution in [-0.2, 0) is 19.7 Å². The molecule has 9 nitrogen and oxygen atoms in total. The molecule has 2 aromatic carbocycles. The van der Waals surface area contributed by atoms with Crippen LogP contribution in [0.4, 0.5) is 10.1 Å². The molecule has 2 saturated heterocycles.